The van der Waals surface area contributed by atoms with E-state index in [0.717, 1.165) is 16.8 Å². The zero-order valence-corrected chi connectivity index (χ0v) is 17.0. The van der Waals surface area contributed by atoms with Gasteiger partial charge in [0, 0.05) is 17.9 Å². The summed E-state index contributed by atoms with van der Waals surface area (Å²) in [6.45, 7) is 5.48. The fraction of sp³-hybridized carbons (Fsp3) is 0.143. The Bertz CT molecular complexity index is 1080. The van der Waals surface area contributed by atoms with Crippen LogP contribution in [0.15, 0.2) is 52.9 Å². The molecule has 3 rings (SSSR count). The Hall–Kier alpha value is -3.39. The smallest absolute Gasteiger partial charge is 0.271 e. The van der Waals surface area contributed by atoms with Gasteiger partial charge in [-0.15, -0.1) is 11.3 Å². The number of hydrogen-bond acceptors (Lipinski definition) is 5. The molecule has 8 heteroatoms. The largest absolute Gasteiger partial charge is 0.274 e. The zero-order chi connectivity index (χ0) is 21.0. The van der Waals surface area contributed by atoms with E-state index in [4.69, 9.17) is 0 Å². The van der Waals surface area contributed by atoms with Gasteiger partial charge >= 0.3 is 0 Å². The van der Waals surface area contributed by atoms with Crippen LogP contribution in [0, 0.1) is 19.7 Å². The van der Waals surface area contributed by atoms with Crippen LogP contribution in [0.25, 0.3) is 0 Å². The van der Waals surface area contributed by atoms with Gasteiger partial charge in [0.1, 0.15) is 5.82 Å². The van der Waals surface area contributed by atoms with Crippen LogP contribution in [0.1, 0.15) is 34.1 Å². The van der Waals surface area contributed by atoms with E-state index in [1.165, 1.54) is 53.6 Å². The topological polar surface area (TPSA) is 74.7 Å². The normalized spacial score (nSPS) is 10.9. The van der Waals surface area contributed by atoms with Crippen LogP contribution in [-0.2, 0) is 4.79 Å². The van der Waals surface area contributed by atoms with Crippen molar-refractivity contribution in [2.24, 2.45) is 5.10 Å². The van der Waals surface area contributed by atoms with Crippen molar-refractivity contribution >= 4 is 40.2 Å². The molecule has 0 spiro atoms. The van der Waals surface area contributed by atoms with Crippen LogP contribution >= 0.6 is 11.3 Å². The van der Waals surface area contributed by atoms with Crippen LogP contribution < -0.4 is 10.3 Å². The predicted molar refractivity (Wildman–Crippen MR) is 112 cm³/mol. The van der Waals surface area contributed by atoms with Crippen LogP contribution in [0.2, 0.25) is 0 Å². The third kappa shape index (κ3) is 4.91. The number of aromatic nitrogens is 1. The molecule has 148 valence electrons. The molecular weight excluding hydrogens is 391 g/mol. The lowest BCUT2D eigenvalue weighted by Gasteiger charge is -2.19. The molecular formula is C21H19FN4O2S. The average Bonchev–Trinajstić information content (AvgIpc) is 3.13. The Balaban J connectivity index is 1.73. The van der Waals surface area contributed by atoms with Gasteiger partial charge in [-0.3, -0.25) is 14.5 Å². The van der Waals surface area contributed by atoms with E-state index in [-0.39, 0.29) is 5.91 Å². The number of anilines is 2. The molecule has 29 heavy (non-hydrogen) atoms. The molecule has 3 aromatic rings. The van der Waals surface area contributed by atoms with E-state index < -0.39 is 11.7 Å². The number of benzene rings is 2. The van der Waals surface area contributed by atoms with Gasteiger partial charge in [0.05, 0.1) is 17.6 Å². The quantitative estimate of drug-likeness (QED) is 0.502. The lowest BCUT2D eigenvalue weighted by Crippen LogP contribution is -2.22. The second-order valence-corrected chi connectivity index (χ2v) is 7.22. The first-order chi connectivity index (χ1) is 13.8. The number of aryl methyl sites for hydroxylation is 2. The molecule has 1 aromatic heterocycles. The highest BCUT2D eigenvalue weighted by atomic mass is 32.1. The van der Waals surface area contributed by atoms with Crippen molar-refractivity contribution in [2.75, 3.05) is 4.90 Å². The minimum atomic E-state index is -0.461. The molecule has 0 radical (unpaired) electrons. The van der Waals surface area contributed by atoms with Crippen molar-refractivity contribution < 1.29 is 14.0 Å². The molecule has 0 fully saturated rings. The molecule has 1 N–H and O–H groups in total. The first-order valence-corrected chi connectivity index (χ1v) is 9.65. The molecule has 0 aliphatic heterocycles. The predicted octanol–water partition coefficient (Wildman–Crippen LogP) is 4.35. The van der Waals surface area contributed by atoms with Crippen molar-refractivity contribution in [1.29, 1.82) is 0 Å². The van der Waals surface area contributed by atoms with Crippen LogP contribution in [0.4, 0.5) is 15.2 Å². The number of nitrogens with one attached hydrogen (secondary N) is 1. The van der Waals surface area contributed by atoms with Crippen LogP contribution in [-0.4, -0.2) is 23.0 Å². The Labute approximate surface area is 171 Å². The molecule has 2 amide bonds. The first kappa shape index (κ1) is 20.3. The third-order valence-corrected chi connectivity index (χ3v) is 5.08. The number of hydrogen-bond donors (Lipinski definition) is 1. The second kappa shape index (κ2) is 8.74. The molecule has 6 nitrogen and oxygen atoms in total. The van der Waals surface area contributed by atoms with Crippen molar-refractivity contribution in [3.8, 4) is 0 Å². The maximum atomic E-state index is 12.9. The number of nitrogens with zero attached hydrogens (tertiary/aromatic N) is 3. The summed E-state index contributed by atoms with van der Waals surface area (Å²) in [6, 6.07) is 10.9. The Morgan fingerprint density at radius 2 is 1.86 bits per heavy atom. The highest BCUT2D eigenvalue weighted by molar-refractivity contribution is 7.14. The molecule has 2 aromatic carbocycles. The maximum Gasteiger partial charge on any atom is 0.271 e. The lowest BCUT2D eigenvalue weighted by molar-refractivity contribution is -0.115. The fourth-order valence-corrected chi connectivity index (χ4v) is 3.39. The third-order valence-electron chi connectivity index (χ3n) is 4.23. The van der Waals surface area contributed by atoms with Crippen molar-refractivity contribution in [2.45, 2.75) is 20.8 Å². The summed E-state index contributed by atoms with van der Waals surface area (Å²) < 4.78 is 12.9. The minimum absolute atomic E-state index is 0.157. The van der Waals surface area contributed by atoms with Crippen molar-refractivity contribution in [1.82, 2.24) is 10.4 Å². The molecule has 0 aliphatic carbocycles. The number of thiazole rings is 1. The Morgan fingerprint density at radius 3 is 2.52 bits per heavy atom. The highest BCUT2D eigenvalue weighted by Gasteiger charge is 2.18. The standard InChI is InChI=1S/C21H19FN4O2S/c1-13-4-9-19(10-14(13)2)26(15(3)27)21-24-18(12-29-21)11-23-25-20(28)16-5-7-17(22)8-6-16/h4-12H,1-3H3,(H,25,28)/b23-11-. The zero-order valence-electron chi connectivity index (χ0n) is 16.1. The average molecular weight is 410 g/mol. The summed E-state index contributed by atoms with van der Waals surface area (Å²) >= 11 is 1.30. The number of amides is 2. The van der Waals surface area contributed by atoms with E-state index in [1.54, 1.807) is 5.38 Å². The van der Waals surface area contributed by atoms with Gasteiger partial charge in [0.25, 0.3) is 5.91 Å². The molecule has 0 unspecified atom stereocenters. The molecule has 1 heterocycles. The maximum absolute atomic E-state index is 12.9. The van der Waals surface area contributed by atoms with Crippen molar-refractivity contribution in [3.05, 3.63) is 76.0 Å². The van der Waals surface area contributed by atoms with Crippen LogP contribution in [0.5, 0.6) is 0 Å². The van der Waals surface area contributed by atoms with Gasteiger partial charge in [-0.25, -0.2) is 14.8 Å². The van der Waals surface area contributed by atoms with E-state index in [9.17, 15) is 14.0 Å². The second-order valence-electron chi connectivity index (χ2n) is 6.38. The van der Waals surface area contributed by atoms with E-state index in [2.05, 4.69) is 15.5 Å². The first-order valence-electron chi connectivity index (χ1n) is 8.77. The van der Waals surface area contributed by atoms with Gasteiger partial charge < -0.3 is 0 Å². The summed E-state index contributed by atoms with van der Waals surface area (Å²) in [4.78, 5) is 30.1. The Kier molecular flexibility index (Phi) is 6.13. The van der Waals surface area contributed by atoms with E-state index in [1.807, 2.05) is 32.0 Å². The SMILES string of the molecule is CC(=O)N(c1ccc(C)c(C)c1)c1nc(/C=N\NC(=O)c2ccc(F)cc2)cs1. The number of carbonyl (C=O) groups excluding carboxylic acids is 2. The summed E-state index contributed by atoms with van der Waals surface area (Å²) in [6.07, 6.45) is 1.39. The van der Waals surface area contributed by atoms with Gasteiger partial charge in [-0.2, -0.15) is 5.10 Å². The van der Waals surface area contributed by atoms with Crippen LogP contribution in [0.3, 0.4) is 0 Å². The molecule has 0 saturated heterocycles. The highest BCUT2D eigenvalue weighted by Crippen LogP contribution is 2.29. The number of carbonyl (C=O) groups is 2. The summed E-state index contributed by atoms with van der Waals surface area (Å²) in [5, 5.41) is 6.12. The summed E-state index contributed by atoms with van der Waals surface area (Å²) in [5.74, 6) is -1.04. The van der Waals surface area contributed by atoms with Gasteiger partial charge in [-0.05, 0) is 61.4 Å². The summed E-state index contributed by atoms with van der Waals surface area (Å²) in [7, 11) is 0. The molecule has 0 saturated carbocycles. The van der Waals surface area contributed by atoms with Gasteiger partial charge in [0.2, 0.25) is 5.91 Å². The molecule has 0 bridgehead atoms. The fourth-order valence-electron chi connectivity index (χ4n) is 2.55. The monoisotopic (exact) mass is 410 g/mol. The number of halogens is 1. The van der Waals surface area contributed by atoms with E-state index >= 15 is 0 Å². The van der Waals surface area contributed by atoms with E-state index in [0.29, 0.717) is 16.4 Å². The van der Waals surface area contributed by atoms with Gasteiger partial charge in [0.15, 0.2) is 5.13 Å². The summed E-state index contributed by atoms with van der Waals surface area (Å²) in [5.41, 5.74) is 6.11. The minimum Gasteiger partial charge on any atom is -0.274 e. The van der Waals surface area contributed by atoms with Crippen molar-refractivity contribution in [3.63, 3.8) is 0 Å². The molecule has 0 aliphatic rings. The lowest BCUT2D eigenvalue weighted by atomic mass is 10.1. The molecule has 0 atom stereocenters. The van der Waals surface area contributed by atoms with Gasteiger partial charge in [-0.1, -0.05) is 6.07 Å². The number of hydrazone groups is 1. The Morgan fingerprint density at radius 1 is 1.14 bits per heavy atom. The number of rotatable bonds is 5.